The van der Waals surface area contributed by atoms with E-state index in [9.17, 15) is 13.2 Å². The summed E-state index contributed by atoms with van der Waals surface area (Å²) in [5.74, 6) is -0.0135. The SMILES string of the molecule is CC(=O)N1CCc2cc(S(=O)(=O)N3CCN(c4cccc(C)c4)C(C)C3)ccc21. The molecule has 2 aliphatic heterocycles. The number of carbonyl (C=O) groups excluding carboxylic acids is 1. The Labute approximate surface area is 172 Å². The molecule has 1 unspecified atom stereocenters. The van der Waals surface area contributed by atoms with Gasteiger partial charge in [0.2, 0.25) is 15.9 Å². The summed E-state index contributed by atoms with van der Waals surface area (Å²) in [7, 11) is -3.56. The van der Waals surface area contributed by atoms with Gasteiger partial charge in [0.15, 0.2) is 0 Å². The number of piperazine rings is 1. The molecule has 2 aliphatic rings. The van der Waals surface area contributed by atoms with Crippen LogP contribution in [0, 0.1) is 6.92 Å². The van der Waals surface area contributed by atoms with Crippen molar-refractivity contribution in [3.8, 4) is 0 Å². The van der Waals surface area contributed by atoms with Crippen LogP contribution >= 0.6 is 0 Å². The summed E-state index contributed by atoms with van der Waals surface area (Å²) in [4.78, 5) is 16.0. The van der Waals surface area contributed by atoms with Gasteiger partial charge in [0.1, 0.15) is 0 Å². The van der Waals surface area contributed by atoms with Crippen molar-refractivity contribution in [1.82, 2.24) is 4.31 Å². The van der Waals surface area contributed by atoms with E-state index in [-0.39, 0.29) is 11.9 Å². The Morgan fingerprint density at radius 2 is 1.86 bits per heavy atom. The fraction of sp³-hybridized carbons (Fsp3) is 0.409. The molecule has 6 nitrogen and oxygen atoms in total. The zero-order valence-corrected chi connectivity index (χ0v) is 17.9. The van der Waals surface area contributed by atoms with Gasteiger partial charge in [-0.05, 0) is 61.7 Å². The lowest BCUT2D eigenvalue weighted by Gasteiger charge is -2.40. The summed E-state index contributed by atoms with van der Waals surface area (Å²) in [5, 5.41) is 0. The number of carbonyl (C=O) groups is 1. The number of amides is 1. The van der Waals surface area contributed by atoms with Gasteiger partial charge in [-0.3, -0.25) is 4.79 Å². The molecular formula is C22H27N3O3S. The van der Waals surface area contributed by atoms with Crippen LogP contribution in [-0.2, 0) is 21.2 Å². The Morgan fingerprint density at radius 3 is 2.55 bits per heavy atom. The zero-order valence-electron chi connectivity index (χ0n) is 17.1. The minimum Gasteiger partial charge on any atom is -0.366 e. The largest absolute Gasteiger partial charge is 0.366 e. The molecule has 1 saturated heterocycles. The van der Waals surface area contributed by atoms with E-state index in [4.69, 9.17) is 0 Å². The van der Waals surface area contributed by atoms with E-state index in [1.54, 1.807) is 27.4 Å². The number of anilines is 2. The molecule has 0 aromatic heterocycles. The first-order valence-electron chi connectivity index (χ1n) is 10.0. The number of aryl methyl sites for hydroxylation is 1. The molecule has 1 fully saturated rings. The quantitative estimate of drug-likeness (QED) is 0.776. The van der Waals surface area contributed by atoms with Crippen molar-refractivity contribution in [2.75, 3.05) is 36.0 Å². The summed E-state index contributed by atoms with van der Waals surface area (Å²) >= 11 is 0. The first-order valence-corrected chi connectivity index (χ1v) is 11.5. The second-order valence-electron chi connectivity index (χ2n) is 7.96. The molecule has 0 spiro atoms. The number of fused-ring (bicyclic) bond motifs is 1. The van der Waals surface area contributed by atoms with Crippen LogP contribution in [0.5, 0.6) is 0 Å². The van der Waals surface area contributed by atoms with E-state index >= 15 is 0 Å². The zero-order chi connectivity index (χ0) is 20.8. The normalized spacial score (nSPS) is 20.0. The molecule has 4 rings (SSSR count). The van der Waals surface area contributed by atoms with Crippen LogP contribution in [0.2, 0.25) is 0 Å². The maximum Gasteiger partial charge on any atom is 0.243 e. The molecule has 2 heterocycles. The standard InChI is InChI=1S/C22H27N3O3S/c1-16-5-4-6-20(13-16)24-12-11-23(15-17(24)2)29(27,28)21-7-8-22-19(14-21)9-10-25(22)18(3)26/h4-8,13-14,17H,9-12,15H2,1-3H3. The molecule has 1 amide bonds. The number of nitrogens with zero attached hydrogens (tertiary/aromatic N) is 3. The maximum atomic E-state index is 13.3. The molecule has 1 atom stereocenters. The van der Waals surface area contributed by atoms with Crippen LogP contribution in [-0.4, -0.2) is 50.9 Å². The van der Waals surface area contributed by atoms with Gasteiger partial charge in [0.25, 0.3) is 0 Å². The first kappa shape index (κ1) is 19.9. The van der Waals surface area contributed by atoms with Gasteiger partial charge in [-0.15, -0.1) is 0 Å². The van der Waals surface area contributed by atoms with Crippen molar-refractivity contribution >= 4 is 27.3 Å². The van der Waals surface area contributed by atoms with Gasteiger partial charge in [0, 0.05) is 50.5 Å². The smallest absolute Gasteiger partial charge is 0.243 e. The minimum absolute atomic E-state index is 0.0135. The molecule has 2 aromatic rings. The lowest BCUT2D eigenvalue weighted by atomic mass is 10.1. The van der Waals surface area contributed by atoms with E-state index < -0.39 is 10.0 Å². The predicted molar refractivity (Wildman–Crippen MR) is 115 cm³/mol. The monoisotopic (exact) mass is 413 g/mol. The number of rotatable bonds is 3. The number of sulfonamides is 1. The summed E-state index contributed by atoms with van der Waals surface area (Å²) in [6.45, 7) is 7.85. The van der Waals surface area contributed by atoms with E-state index in [1.807, 2.05) is 6.07 Å². The van der Waals surface area contributed by atoms with E-state index in [1.165, 1.54) is 12.5 Å². The van der Waals surface area contributed by atoms with Gasteiger partial charge in [-0.25, -0.2) is 8.42 Å². The van der Waals surface area contributed by atoms with Crippen molar-refractivity contribution in [3.05, 3.63) is 53.6 Å². The molecule has 0 radical (unpaired) electrons. The summed E-state index contributed by atoms with van der Waals surface area (Å²) < 4.78 is 28.1. The Kier molecular flexibility index (Phi) is 5.12. The van der Waals surface area contributed by atoms with Crippen molar-refractivity contribution in [3.63, 3.8) is 0 Å². The van der Waals surface area contributed by atoms with Crippen LogP contribution in [0.1, 0.15) is 25.0 Å². The Morgan fingerprint density at radius 1 is 1.07 bits per heavy atom. The molecule has 0 N–H and O–H groups in total. The summed E-state index contributed by atoms with van der Waals surface area (Å²) in [5.41, 5.74) is 4.08. The first-order chi connectivity index (χ1) is 13.8. The van der Waals surface area contributed by atoms with Crippen molar-refractivity contribution in [1.29, 1.82) is 0 Å². The number of hydrogen-bond acceptors (Lipinski definition) is 4. The number of hydrogen-bond donors (Lipinski definition) is 0. The summed E-state index contributed by atoms with van der Waals surface area (Å²) in [6.07, 6.45) is 0.690. The van der Waals surface area contributed by atoms with Crippen molar-refractivity contribution in [2.24, 2.45) is 0 Å². The Balaban J connectivity index is 1.54. The van der Waals surface area contributed by atoms with E-state index in [2.05, 4.69) is 36.9 Å². The highest BCUT2D eigenvalue weighted by atomic mass is 32.2. The molecule has 2 aromatic carbocycles. The van der Waals surface area contributed by atoms with Crippen LogP contribution in [0.4, 0.5) is 11.4 Å². The highest BCUT2D eigenvalue weighted by Crippen LogP contribution is 2.32. The molecule has 0 saturated carbocycles. The lowest BCUT2D eigenvalue weighted by Crippen LogP contribution is -2.53. The minimum atomic E-state index is -3.56. The third kappa shape index (κ3) is 3.65. The average Bonchev–Trinajstić information content (AvgIpc) is 3.11. The predicted octanol–water partition coefficient (Wildman–Crippen LogP) is 2.80. The molecular weight excluding hydrogens is 386 g/mol. The highest BCUT2D eigenvalue weighted by molar-refractivity contribution is 7.89. The van der Waals surface area contributed by atoms with E-state index in [0.29, 0.717) is 37.5 Å². The lowest BCUT2D eigenvalue weighted by molar-refractivity contribution is -0.116. The Hall–Kier alpha value is -2.38. The summed E-state index contributed by atoms with van der Waals surface area (Å²) in [6, 6.07) is 13.5. The van der Waals surface area contributed by atoms with Gasteiger partial charge in [-0.2, -0.15) is 4.31 Å². The molecule has 7 heteroatoms. The van der Waals surface area contributed by atoms with Crippen LogP contribution in [0.3, 0.4) is 0 Å². The molecule has 29 heavy (non-hydrogen) atoms. The molecule has 0 bridgehead atoms. The fourth-order valence-corrected chi connectivity index (χ4v) is 5.91. The van der Waals surface area contributed by atoms with Gasteiger partial charge >= 0.3 is 0 Å². The third-order valence-electron chi connectivity index (χ3n) is 5.89. The molecule has 0 aliphatic carbocycles. The second kappa shape index (κ2) is 7.46. The van der Waals surface area contributed by atoms with Crippen LogP contribution < -0.4 is 9.80 Å². The van der Waals surface area contributed by atoms with Crippen LogP contribution in [0.25, 0.3) is 0 Å². The Bertz CT molecular complexity index is 1050. The second-order valence-corrected chi connectivity index (χ2v) is 9.89. The van der Waals surface area contributed by atoms with Gasteiger partial charge in [0.05, 0.1) is 4.90 Å². The van der Waals surface area contributed by atoms with E-state index in [0.717, 1.165) is 16.9 Å². The van der Waals surface area contributed by atoms with Crippen LogP contribution in [0.15, 0.2) is 47.4 Å². The van der Waals surface area contributed by atoms with Crippen molar-refractivity contribution in [2.45, 2.75) is 38.1 Å². The number of benzene rings is 2. The molecule has 154 valence electrons. The third-order valence-corrected chi connectivity index (χ3v) is 7.75. The maximum absolute atomic E-state index is 13.3. The topological polar surface area (TPSA) is 60.9 Å². The van der Waals surface area contributed by atoms with Crippen molar-refractivity contribution < 1.29 is 13.2 Å². The average molecular weight is 414 g/mol. The highest BCUT2D eigenvalue weighted by Gasteiger charge is 2.33. The fourth-order valence-electron chi connectivity index (χ4n) is 4.35. The van der Waals surface area contributed by atoms with Gasteiger partial charge in [-0.1, -0.05) is 12.1 Å². The van der Waals surface area contributed by atoms with Gasteiger partial charge < -0.3 is 9.80 Å².